The van der Waals surface area contributed by atoms with Crippen LogP contribution < -0.4 is 0 Å². The highest BCUT2D eigenvalue weighted by atomic mass is 32.1. The van der Waals surface area contributed by atoms with E-state index in [1.807, 2.05) is 0 Å². The highest BCUT2D eigenvalue weighted by Crippen LogP contribution is 2.31. The van der Waals surface area contributed by atoms with Gasteiger partial charge < -0.3 is 10.0 Å². The predicted octanol–water partition coefficient (Wildman–Crippen LogP) is 1.11. The number of hydrogen-bond donors (Lipinski definition) is 1. The van der Waals surface area contributed by atoms with Gasteiger partial charge >= 0.3 is 18.1 Å². The third-order valence-electron chi connectivity index (χ3n) is 2.69. The van der Waals surface area contributed by atoms with Gasteiger partial charge in [0.15, 0.2) is 0 Å². The van der Waals surface area contributed by atoms with Crippen LogP contribution in [0.4, 0.5) is 13.2 Å². The first kappa shape index (κ1) is 13.7. The minimum Gasteiger partial charge on any atom is -0.476 e. The lowest BCUT2D eigenvalue weighted by Crippen LogP contribution is -2.39. The Morgan fingerprint density at radius 2 is 2.05 bits per heavy atom. The molecule has 1 aromatic heterocycles. The minimum atomic E-state index is -4.89. The number of nitrogens with zero attached hydrogens (tertiary/aromatic N) is 3. The van der Waals surface area contributed by atoms with Gasteiger partial charge in [0, 0.05) is 19.0 Å². The summed E-state index contributed by atoms with van der Waals surface area (Å²) in [6, 6.07) is 0. The Kier molecular flexibility index (Phi) is 3.43. The van der Waals surface area contributed by atoms with Gasteiger partial charge in [0.1, 0.15) is 5.01 Å². The summed E-state index contributed by atoms with van der Waals surface area (Å²) < 4.78 is 36.7. The zero-order valence-corrected chi connectivity index (χ0v) is 10.2. The van der Waals surface area contributed by atoms with Crippen LogP contribution in [0.3, 0.4) is 0 Å². The van der Waals surface area contributed by atoms with Crippen LogP contribution in [-0.4, -0.2) is 51.3 Å². The number of halogens is 3. The van der Waals surface area contributed by atoms with Crippen LogP contribution in [0.5, 0.6) is 0 Å². The Balaban J connectivity index is 2.05. The molecule has 1 aromatic rings. The van der Waals surface area contributed by atoms with Crippen molar-refractivity contribution in [2.75, 3.05) is 13.1 Å². The maximum Gasteiger partial charge on any atom is 0.471 e. The lowest BCUT2D eigenvalue weighted by Gasteiger charge is -2.17. The van der Waals surface area contributed by atoms with Gasteiger partial charge in [-0.2, -0.15) is 13.2 Å². The summed E-state index contributed by atoms with van der Waals surface area (Å²) in [5.41, 5.74) is 0. The second kappa shape index (κ2) is 4.76. The molecular formula is C9H8F3N3O3S. The zero-order chi connectivity index (χ0) is 14.2. The fourth-order valence-electron chi connectivity index (χ4n) is 1.81. The number of carbonyl (C=O) groups is 2. The van der Waals surface area contributed by atoms with E-state index < -0.39 is 24.0 Å². The SMILES string of the molecule is O=C(O)c1nnc(C2CCN(C(=O)C(F)(F)F)C2)s1. The molecule has 0 spiro atoms. The summed E-state index contributed by atoms with van der Waals surface area (Å²) in [4.78, 5) is 22.4. The van der Waals surface area contributed by atoms with E-state index in [9.17, 15) is 22.8 Å². The van der Waals surface area contributed by atoms with Crippen molar-refractivity contribution in [2.45, 2.75) is 18.5 Å². The van der Waals surface area contributed by atoms with Crippen LogP contribution in [0.1, 0.15) is 27.1 Å². The van der Waals surface area contributed by atoms with Crippen LogP contribution in [0.15, 0.2) is 0 Å². The molecule has 1 unspecified atom stereocenters. The summed E-state index contributed by atoms with van der Waals surface area (Å²) in [5.74, 6) is -3.50. The lowest BCUT2D eigenvalue weighted by molar-refractivity contribution is -0.184. The van der Waals surface area contributed by atoms with Gasteiger partial charge in [-0.15, -0.1) is 10.2 Å². The minimum absolute atomic E-state index is 0.0228. The molecule has 2 rings (SSSR count). The van der Waals surface area contributed by atoms with Gasteiger partial charge in [-0.25, -0.2) is 4.79 Å². The number of alkyl halides is 3. The Bertz CT molecular complexity index is 516. The first-order valence-electron chi connectivity index (χ1n) is 5.22. The second-order valence-corrected chi connectivity index (χ2v) is 4.99. The molecule has 19 heavy (non-hydrogen) atoms. The third-order valence-corrected chi connectivity index (χ3v) is 3.76. The fraction of sp³-hybridized carbons (Fsp3) is 0.556. The predicted molar refractivity (Wildman–Crippen MR) is 56.9 cm³/mol. The first-order chi connectivity index (χ1) is 8.79. The van der Waals surface area contributed by atoms with Crippen molar-refractivity contribution in [1.29, 1.82) is 0 Å². The van der Waals surface area contributed by atoms with Crippen molar-refractivity contribution >= 4 is 23.2 Å². The molecule has 0 bridgehead atoms. The number of aromatic carboxylic acids is 1. The van der Waals surface area contributed by atoms with Crippen molar-refractivity contribution in [3.05, 3.63) is 10.0 Å². The number of carboxylic acids is 1. The van der Waals surface area contributed by atoms with E-state index in [2.05, 4.69) is 10.2 Å². The van der Waals surface area contributed by atoms with Crippen LogP contribution >= 0.6 is 11.3 Å². The maximum absolute atomic E-state index is 12.2. The molecule has 6 nitrogen and oxygen atoms in total. The van der Waals surface area contributed by atoms with Crippen LogP contribution in [-0.2, 0) is 4.79 Å². The van der Waals surface area contributed by atoms with Crippen LogP contribution in [0.2, 0.25) is 0 Å². The quantitative estimate of drug-likeness (QED) is 0.883. The van der Waals surface area contributed by atoms with E-state index in [4.69, 9.17) is 5.11 Å². The first-order valence-corrected chi connectivity index (χ1v) is 6.03. The Morgan fingerprint density at radius 3 is 2.58 bits per heavy atom. The molecular weight excluding hydrogens is 287 g/mol. The summed E-state index contributed by atoms with van der Waals surface area (Å²) in [6.07, 6.45) is -4.57. The van der Waals surface area contributed by atoms with Gasteiger partial charge in [0.25, 0.3) is 0 Å². The average Bonchev–Trinajstić information content (AvgIpc) is 2.95. The fourth-order valence-corrected chi connectivity index (χ4v) is 2.62. The molecule has 104 valence electrons. The highest BCUT2D eigenvalue weighted by molar-refractivity contribution is 7.13. The van der Waals surface area contributed by atoms with Crippen LogP contribution in [0.25, 0.3) is 0 Å². The Labute approximate surface area is 108 Å². The number of amides is 1. The normalized spacial score (nSPS) is 19.7. The van der Waals surface area contributed by atoms with Gasteiger partial charge in [-0.3, -0.25) is 4.79 Å². The number of aromatic nitrogens is 2. The standard InChI is InChI=1S/C9H8F3N3O3S/c10-9(11,12)8(18)15-2-1-4(3-15)5-13-14-6(19-5)7(16)17/h4H,1-3H2,(H,16,17). The van der Waals surface area contributed by atoms with E-state index in [0.717, 1.165) is 11.3 Å². The smallest absolute Gasteiger partial charge is 0.471 e. The van der Waals surface area contributed by atoms with E-state index >= 15 is 0 Å². The van der Waals surface area contributed by atoms with Crippen molar-refractivity contribution in [2.24, 2.45) is 0 Å². The maximum atomic E-state index is 12.2. The number of carbonyl (C=O) groups excluding carboxylic acids is 1. The van der Waals surface area contributed by atoms with Crippen molar-refractivity contribution < 1.29 is 27.9 Å². The Hall–Kier alpha value is -1.71. The van der Waals surface area contributed by atoms with E-state index in [1.54, 1.807) is 0 Å². The number of likely N-dealkylation sites (tertiary alicyclic amines) is 1. The van der Waals surface area contributed by atoms with Crippen molar-refractivity contribution in [3.63, 3.8) is 0 Å². The molecule has 1 aliphatic heterocycles. The third kappa shape index (κ3) is 2.83. The molecule has 0 saturated carbocycles. The van der Waals surface area contributed by atoms with Gasteiger partial charge in [0.05, 0.1) is 0 Å². The topological polar surface area (TPSA) is 83.4 Å². The molecule has 1 aliphatic rings. The second-order valence-electron chi connectivity index (χ2n) is 3.99. The van der Waals surface area contributed by atoms with E-state index in [0.29, 0.717) is 16.3 Å². The Morgan fingerprint density at radius 1 is 1.37 bits per heavy atom. The monoisotopic (exact) mass is 295 g/mol. The molecule has 1 amide bonds. The number of carboxylic acid groups (broad SMARTS) is 1. The molecule has 0 radical (unpaired) electrons. The molecule has 1 saturated heterocycles. The molecule has 10 heteroatoms. The number of hydrogen-bond acceptors (Lipinski definition) is 5. The molecule has 1 fully saturated rings. The molecule has 2 heterocycles. The van der Waals surface area contributed by atoms with Gasteiger partial charge in [-0.05, 0) is 6.42 Å². The van der Waals surface area contributed by atoms with Gasteiger partial charge in [0.2, 0.25) is 5.01 Å². The summed E-state index contributed by atoms with van der Waals surface area (Å²) in [5, 5.41) is 15.9. The van der Waals surface area contributed by atoms with Crippen LogP contribution in [0, 0.1) is 0 Å². The van der Waals surface area contributed by atoms with E-state index in [1.165, 1.54) is 0 Å². The lowest BCUT2D eigenvalue weighted by atomic mass is 10.1. The molecule has 1 atom stereocenters. The largest absolute Gasteiger partial charge is 0.476 e. The molecule has 0 aromatic carbocycles. The van der Waals surface area contributed by atoms with Crippen molar-refractivity contribution in [1.82, 2.24) is 15.1 Å². The average molecular weight is 295 g/mol. The molecule has 0 aliphatic carbocycles. The van der Waals surface area contributed by atoms with E-state index in [-0.39, 0.29) is 18.1 Å². The zero-order valence-electron chi connectivity index (χ0n) is 9.35. The highest BCUT2D eigenvalue weighted by Gasteiger charge is 2.45. The van der Waals surface area contributed by atoms with Gasteiger partial charge in [-0.1, -0.05) is 11.3 Å². The molecule has 1 N–H and O–H groups in total. The van der Waals surface area contributed by atoms with Crippen molar-refractivity contribution in [3.8, 4) is 0 Å². The summed E-state index contributed by atoms with van der Waals surface area (Å²) in [6.45, 7) is -0.141. The number of rotatable bonds is 2. The summed E-state index contributed by atoms with van der Waals surface area (Å²) >= 11 is 0.819. The summed E-state index contributed by atoms with van der Waals surface area (Å²) in [7, 11) is 0.